The summed E-state index contributed by atoms with van der Waals surface area (Å²) >= 11 is 0. The topological polar surface area (TPSA) is 76.6 Å². The van der Waals surface area contributed by atoms with Crippen LogP contribution in [0.15, 0.2) is 58.8 Å². The molecule has 29 heavy (non-hydrogen) atoms. The number of nitrogens with zero attached hydrogens (tertiary/aromatic N) is 5. The first-order valence-corrected chi connectivity index (χ1v) is 9.33. The molecular weight excluding hydrogens is 373 g/mol. The molecule has 5 rings (SSSR count). The molecule has 2 aliphatic rings. The van der Waals surface area contributed by atoms with Crippen molar-refractivity contribution >= 4 is 11.9 Å². The first kappa shape index (κ1) is 17.7. The lowest BCUT2D eigenvalue weighted by Gasteiger charge is -2.23. The zero-order chi connectivity index (χ0) is 19.8. The number of aromatic nitrogens is 3. The van der Waals surface area contributed by atoms with Crippen LogP contribution >= 0.6 is 0 Å². The lowest BCUT2D eigenvalue weighted by Crippen LogP contribution is -2.20. The molecule has 8 heteroatoms. The lowest BCUT2D eigenvalue weighted by atomic mass is 10.00. The maximum Gasteiger partial charge on any atom is 0.248 e. The Bertz CT molecular complexity index is 1080. The van der Waals surface area contributed by atoms with E-state index >= 15 is 0 Å². The molecule has 146 valence electrons. The second-order valence-corrected chi connectivity index (χ2v) is 7.04. The molecule has 2 atom stereocenters. The van der Waals surface area contributed by atoms with Gasteiger partial charge in [0.15, 0.2) is 5.82 Å². The van der Waals surface area contributed by atoms with Gasteiger partial charge in [-0.25, -0.2) is 4.39 Å². The highest BCUT2D eigenvalue weighted by Gasteiger charge is 2.31. The Kier molecular flexibility index (Phi) is 4.40. The summed E-state index contributed by atoms with van der Waals surface area (Å²) in [5, 5.41) is 10.2. The summed E-state index contributed by atoms with van der Waals surface area (Å²) in [6.07, 6.45) is 4.04. The normalized spacial score (nSPS) is 20.9. The summed E-state index contributed by atoms with van der Waals surface area (Å²) in [5.41, 5.74) is 3.39. The molecule has 4 heterocycles. The smallest absolute Gasteiger partial charge is 0.248 e. The van der Waals surface area contributed by atoms with Gasteiger partial charge < -0.3 is 9.26 Å². The Morgan fingerprint density at radius 2 is 2.07 bits per heavy atom. The van der Waals surface area contributed by atoms with Crippen molar-refractivity contribution in [1.82, 2.24) is 20.1 Å². The SMILES string of the molecule is C=C1c2cccnc2C=NN1Cc1nc(C2CO[C@@H](c3ccc(F)cc3)C2)no1. The van der Waals surface area contributed by atoms with E-state index in [1.165, 1.54) is 12.1 Å². The summed E-state index contributed by atoms with van der Waals surface area (Å²) in [6.45, 7) is 4.92. The predicted octanol–water partition coefficient (Wildman–Crippen LogP) is 3.67. The van der Waals surface area contributed by atoms with Crippen molar-refractivity contribution in [2.75, 3.05) is 6.61 Å². The number of hydrogen-bond donors (Lipinski definition) is 0. The number of ether oxygens (including phenoxy) is 1. The van der Waals surface area contributed by atoms with Crippen molar-refractivity contribution < 1.29 is 13.7 Å². The third-order valence-electron chi connectivity index (χ3n) is 5.15. The van der Waals surface area contributed by atoms with Crippen molar-refractivity contribution in [3.63, 3.8) is 0 Å². The maximum atomic E-state index is 13.1. The van der Waals surface area contributed by atoms with Crippen LogP contribution in [0.4, 0.5) is 4.39 Å². The minimum atomic E-state index is -0.258. The highest BCUT2D eigenvalue weighted by Crippen LogP contribution is 2.37. The third kappa shape index (κ3) is 3.42. The average Bonchev–Trinajstić information content (AvgIpc) is 3.41. The molecule has 2 aliphatic heterocycles. The van der Waals surface area contributed by atoms with Gasteiger partial charge in [0, 0.05) is 17.7 Å². The molecule has 0 spiro atoms. The molecule has 0 bridgehead atoms. The zero-order valence-corrected chi connectivity index (χ0v) is 15.5. The molecule has 0 radical (unpaired) electrons. The molecule has 1 saturated heterocycles. The zero-order valence-electron chi connectivity index (χ0n) is 15.5. The molecule has 1 fully saturated rings. The van der Waals surface area contributed by atoms with Gasteiger partial charge in [-0.15, -0.1) is 0 Å². The molecule has 2 aromatic heterocycles. The van der Waals surface area contributed by atoms with Crippen LogP contribution in [0.2, 0.25) is 0 Å². The Labute approximate surface area is 166 Å². The first-order chi connectivity index (χ1) is 14.2. The van der Waals surface area contributed by atoms with Gasteiger partial charge in [-0.2, -0.15) is 10.1 Å². The number of hydrogen-bond acceptors (Lipinski definition) is 7. The standard InChI is InChI=1S/C21H18FN5O2/c1-13-17-3-2-8-23-18(17)10-24-27(13)11-20-25-21(26-29-20)15-9-19(28-12-15)14-4-6-16(22)7-5-14/h2-8,10,15,19H,1,9,11-12H2/t15?,19-/m1/s1. The van der Waals surface area contributed by atoms with Crippen molar-refractivity contribution in [2.45, 2.75) is 25.0 Å². The largest absolute Gasteiger partial charge is 0.373 e. The summed E-state index contributed by atoms with van der Waals surface area (Å²) in [5.74, 6) is 0.834. The summed E-state index contributed by atoms with van der Waals surface area (Å²) < 4.78 is 24.4. The molecule has 1 unspecified atom stereocenters. The lowest BCUT2D eigenvalue weighted by molar-refractivity contribution is 0.110. The van der Waals surface area contributed by atoms with E-state index in [1.54, 1.807) is 29.6 Å². The number of pyridine rings is 1. The fourth-order valence-electron chi connectivity index (χ4n) is 3.58. The monoisotopic (exact) mass is 391 g/mol. The second kappa shape index (κ2) is 7.21. The highest BCUT2D eigenvalue weighted by atomic mass is 19.1. The van der Waals surface area contributed by atoms with Crippen molar-refractivity contribution in [2.24, 2.45) is 5.10 Å². The Balaban J connectivity index is 1.26. The van der Waals surface area contributed by atoms with Gasteiger partial charge in [0.2, 0.25) is 5.89 Å². The molecule has 3 aromatic rings. The Hall–Kier alpha value is -3.39. The summed E-state index contributed by atoms with van der Waals surface area (Å²) in [4.78, 5) is 8.81. The van der Waals surface area contributed by atoms with Crippen LogP contribution in [0.1, 0.15) is 47.0 Å². The Morgan fingerprint density at radius 1 is 1.21 bits per heavy atom. The summed E-state index contributed by atoms with van der Waals surface area (Å²) in [7, 11) is 0. The molecule has 0 saturated carbocycles. The second-order valence-electron chi connectivity index (χ2n) is 7.04. The van der Waals surface area contributed by atoms with Gasteiger partial charge in [0.05, 0.1) is 30.3 Å². The summed E-state index contributed by atoms with van der Waals surface area (Å²) in [6, 6.07) is 10.2. The van der Waals surface area contributed by atoms with E-state index in [0.29, 0.717) is 24.9 Å². The minimum Gasteiger partial charge on any atom is -0.373 e. The number of benzene rings is 1. The molecule has 1 aromatic carbocycles. The van der Waals surface area contributed by atoms with Crippen molar-refractivity contribution in [3.8, 4) is 0 Å². The number of rotatable bonds is 4. The van der Waals surface area contributed by atoms with Crippen LogP contribution in [0, 0.1) is 5.82 Å². The van der Waals surface area contributed by atoms with Gasteiger partial charge in [0.1, 0.15) is 12.4 Å². The molecular formula is C21H18FN5O2. The van der Waals surface area contributed by atoms with Gasteiger partial charge in [0.25, 0.3) is 0 Å². The van der Waals surface area contributed by atoms with Gasteiger partial charge in [-0.1, -0.05) is 23.9 Å². The van der Waals surface area contributed by atoms with E-state index in [1.807, 2.05) is 12.1 Å². The number of fused-ring (bicyclic) bond motifs is 1. The van der Waals surface area contributed by atoms with Gasteiger partial charge in [-0.3, -0.25) is 9.99 Å². The first-order valence-electron chi connectivity index (χ1n) is 9.33. The van der Waals surface area contributed by atoms with Crippen LogP contribution in [-0.2, 0) is 11.3 Å². The fourth-order valence-corrected chi connectivity index (χ4v) is 3.58. The van der Waals surface area contributed by atoms with E-state index in [9.17, 15) is 4.39 Å². The third-order valence-corrected chi connectivity index (χ3v) is 5.15. The van der Waals surface area contributed by atoms with Crippen LogP contribution in [0.25, 0.3) is 5.70 Å². The highest BCUT2D eigenvalue weighted by molar-refractivity contribution is 5.87. The van der Waals surface area contributed by atoms with Crippen LogP contribution in [0.3, 0.4) is 0 Å². The van der Waals surface area contributed by atoms with E-state index in [-0.39, 0.29) is 17.8 Å². The van der Waals surface area contributed by atoms with Gasteiger partial charge >= 0.3 is 0 Å². The predicted molar refractivity (Wildman–Crippen MR) is 103 cm³/mol. The van der Waals surface area contributed by atoms with Crippen LogP contribution in [0.5, 0.6) is 0 Å². The maximum absolute atomic E-state index is 13.1. The molecule has 0 amide bonds. The number of hydrazone groups is 1. The van der Waals surface area contributed by atoms with Crippen molar-refractivity contribution in [3.05, 3.63) is 83.5 Å². The molecule has 0 N–H and O–H groups in total. The van der Waals surface area contributed by atoms with E-state index < -0.39 is 0 Å². The van der Waals surface area contributed by atoms with Crippen LogP contribution in [-0.4, -0.2) is 33.0 Å². The minimum absolute atomic E-state index is 0.0283. The quantitative estimate of drug-likeness (QED) is 0.675. The average molecular weight is 391 g/mol. The number of halogens is 1. The molecule has 7 nitrogen and oxygen atoms in total. The van der Waals surface area contributed by atoms with E-state index in [0.717, 1.165) is 28.9 Å². The van der Waals surface area contributed by atoms with E-state index in [4.69, 9.17) is 9.26 Å². The van der Waals surface area contributed by atoms with Crippen LogP contribution < -0.4 is 0 Å². The van der Waals surface area contributed by atoms with Gasteiger partial charge in [-0.05, 0) is 36.2 Å². The Morgan fingerprint density at radius 3 is 2.93 bits per heavy atom. The van der Waals surface area contributed by atoms with E-state index in [2.05, 4.69) is 26.8 Å². The fraction of sp³-hybridized carbons (Fsp3) is 0.238. The van der Waals surface area contributed by atoms with Crippen molar-refractivity contribution in [1.29, 1.82) is 0 Å². The molecule has 0 aliphatic carbocycles.